The van der Waals surface area contributed by atoms with Crippen molar-refractivity contribution in [3.63, 3.8) is 0 Å². The topological polar surface area (TPSA) is 47.4 Å². The number of benzene rings is 2. The number of ether oxygens (including phenoxy) is 1. The molecule has 1 saturated heterocycles. The molecule has 1 fully saturated rings. The number of nitrogens with zero attached hydrogens (tertiary/aromatic N) is 3. The van der Waals surface area contributed by atoms with Gasteiger partial charge in [0.2, 0.25) is 5.91 Å². The molecule has 1 atom stereocenters. The number of hydrogen-bond donors (Lipinski definition) is 0. The van der Waals surface area contributed by atoms with E-state index in [4.69, 9.17) is 9.72 Å². The number of carbonyl (C=O) groups excluding carboxylic acids is 1. The van der Waals surface area contributed by atoms with Crippen LogP contribution in [0.1, 0.15) is 29.3 Å². The van der Waals surface area contributed by atoms with Crippen LogP contribution in [0.25, 0.3) is 11.0 Å². The molecule has 0 spiro atoms. The van der Waals surface area contributed by atoms with Gasteiger partial charge in [-0.15, -0.1) is 0 Å². The van der Waals surface area contributed by atoms with Crippen molar-refractivity contribution in [1.29, 1.82) is 0 Å². The molecule has 5 heteroatoms. The summed E-state index contributed by atoms with van der Waals surface area (Å²) in [5.41, 5.74) is 5.38. The molecule has 0 radical (unpaired) electrons. The van der Waals surface area contributed by atoms with Crippen LogP contribution in [0.3, 0.4) is 0 Å². The minimum absolute atomic E-state index is 0.0849. The first-order valence-corrected chi connectivity index (χ1v) is 9.40. The van der Waals surface area contributed by atoms with E-state index in [-0.39, 0.29) is 11.8 Å². The third-order valence-electron chi connectivity index (χ3n) is 5.35. The molecule has 3 aromatic rings. The standard InChI is InChI=1S/C22H25N3O2/c1-15-8-9-16(2)20(12-15)25-14-17(13-21(25)26)22-23-18-6-4-5-7-19(18)24(22)10-11-27-3/h4-9,12,17H,10-11,13-14H2,1-3H3. The number of anilines is 1. The summed E-state index contributed by atoms with van der Waals surface area (Å²) in [6.45, 7) is 6.14. The van der Waals surface area contributed by atoms with Gasteiger partial charge < -0.3 is 14.2 Å². The van der Waals surface area contributed by atoms with Crippen molar-refractivity contribution in [2.75, 3.05) is 25.2 Å². The minimum atomic E-state index is 0.0849. The zero-order valence-corrected chi connectivity index (χ0v) is 16.1. The fraction of sp³-hybridized carbons (Fsp3) is 0.364. The maximum atomic E-state index is 12.8. The lowest BCUT2D eigenvalue weighted by Gasteiger charge is -2.20. The molecule has 1 aromatic heterocycles. The fourth-order valence-corrected chi connectivity index (χ4v) is 3.95. The fourth-order valence-electron chi connectivity index (χ4n) is 3.95. The Balaban J connectivity index is 1.70. The van der Waals surface area contributed by atoms with E-state index in [2.05, 4.69) is 42.7 Å². The summed E-state index contributed by atoms with van der Waals surface area (Å²) in [7, 11) is 1.71. The molecule has 0 saturated carbocycles. The van der Waals surface area contributed by atoms with E-state index >= 15 is 0 Å². The molecule has 1 unspecified atom stereocenters. The Hall–Kier alpha value is -2.66. The van der Waals surface area contributed by atoms with Gasteiger partial charge in [0.25, 0.3) is 0 Å². The zero-order chi connectivity index (χ0) is 19.0. The summed E-state index contributed by atoms with van der Waals surface area (Å²) >= 11 is 0. The van der Waals surface area contributed by atoms with Gasteiger partial charge >= 0.3 is 0 Å². The molecule has 5 nitrogen and oxygen atoms in total. The van der Waals surface area contributed by atoms with Crippen LogP contribution in [0.2, 0.25) is 0 Å². The first kappa shape index (κ1) is 17.7. The predicted octanol–water partition coefficient (Wildman–Crippen LogP) is 3.82. The lowest BCUT2D eigenvalue weighted by Crippen LogP contribution is -2.25. The second kappa shape index (κ2) is 7.16. The van der Waals surface area contributed by atoms with Crippen molar-refractivity contribution in [3.8, 4) is 0 Å². The summed E-state index contributed by atoms with van der Waals surface area (Å²) in [6.07, 6.45) is 0.490. The Morgan fingerprint density at radius 1 is 1.19 bits per heavy atom. The number of amides is 1. The van der Waals surface area contributed by atoms with Crippen LogP contribution in [0, 0.1) is 13.8 Å². The Labute approximate surface area is 159 Å². The minimum Gasteiger partial charge on any atom is -0.383 e. The summed E-state index contributed by atoms with van der Waals surface area (Å²) in [4.78, 5) is 19.6. The Kier molecular flexibility index (Phi) is 4.70. The number of carbonyl (C=O) groups is 1. The molecular formula is C22H25N3O2. The molecule has 1 aliphatic rings. The Bertz CT molecular complexity index is 992. The van der Waals surface area contributed by atoms with Crippen LogP contribution in [0.15, 0.2) is 42.5 Å². The van der Waals surface area contributed by atoms with Crippen molar-refractivity contribution in [2.45, 2.75) is 32.7 Å². The monoisotopic (exact) mass is 363 g/mol. The third kappa shape index (κ3) is 3.23. The quantitative estimate of drug-likeness (QED) is 0.692. The van der Waals surface area contributed by atoms with Gasteiger partial charge in [0, 0.05) is 38.2 Å². The first-order chi connectivity index (χ1) is 13.1. The van der Waals surface area contributed by atoms with Crippen LogP contribution in [0.4, 0.5) is 5.69 Å². The summed E-state index contributed by atoms with van der Waals surface area (Å²) < 4.78 is 7.51. The molecule has 1 amide bonds. The number of hydrogen-bond acceptors (Lipinski definition) is 3. The molecule has 2 heterocycles. The summed E-state index contributed by atoms with van der Waals surface area (Å²) in [5.74, 6) is 1.23. The molecule has 2 aromatic carbocycles. The number of rotatable bonds is 5. The Morgan fingerprint density at radius 2 is 2.00 bits per heavy atom. The SMILES string of the molecule is COCCn1c(C2CC(=O)N(c3cc(C)ccc3C)C2)nc2ccccc21. The second-order valence-corrected chi connectivity index (χ2v) is 7.30. The molecule has 0 N–H and O–H groups in total. The van der Waals surface area contributed by atoms with Gasteiger partial charge in [0.15, 0.2) is 0 Å². The van der Waals surface area contributed by atoms with Crippen LogP contribution >= 0.6 is 0 Å². The van der Waals surface area contributed by atoms with Gasteiger partial charge in [0.05, 0.1) is 17.6 Å². The molecule has 1 aliphatic heterocycles. The number of imidazole rings is 1. The van der Waals surface area contributed by atoms with E-state index in [1.165, 1.54) is 5.56 Å². The van der Waals surface area contributed by atoms with Crippen molar-refractivity contribution >= 4 is 22.6 Å². The number of fused-ring (bicyclic) bond motifs is 1. The van der Waals surface area contributed by atoms with E-state index < -0.39 is 0 Å². The first-order valence-electron chi connectivity index (χ1n) is 9.40. The van der Waals surface area contributed by atoms with Gasteiger partial charge in [-0.05, 0) is 43.2 Å². The number of para-hydroxylation sites is 2. The highest BCUT2D eigenvalue weighted by Gasteiger charge is 2.35. The maximum absolute atomic E-state index is 12.8. The second-order valence-electron chi connectivity index (χ2n) is 7.30. The molecule has 27 heavy (non-hydrogen) atoms. The Morgan fingerprint density at radius 3 is 2.81 bits per heavy atom. The highest BCUT2D eigenvalue weighted by molar-refractivity contribution is 5.97. The molecule has 4 rings (SSSR count). The predicted molar refractivity (Wildman–Crippen MR) is 107 cm³/mol. The van der Waals surface area contributed by atoms with Crippen LogP contribution < -0.4 is 4.90 Å². The molecule has 0 bridgehead atoms. The van der Waals surface area contributed by atoms with Crippen molar-refractivity contribution < 1.29 is 9.53 Å². The summed E-state index contributed by atoms with van der Waals surface area (Å²) in [6, 6.07) is 14.4. The van der Waals surface area contributed by atoms with Crippen LogP contribution in [0.5, 0.6) is 0 Å². The van der Waals surface area contributed by atoms with Gasteiger partial charge in [0.1, 0.15) is 5.82 Å². The maximum Gasteiger partial charge on any atom is 0.227 e. The highest BCUT2D eigenvalue weighted by Crippen LogP contribution is 2.34. The average Bonchev–Trinajstić information content (AvgIpc) is 3.22. The lowest BCUT2D eigenvalue weighted by molar-refractivity contribution is -0.117. The smallest absolute Gasteiger partial charge is 0.227 e. The number of methoxy groups -OCH3 is 1. The summed E-state index contributed by atoms with van der Waals surface area (Å²) in [5, 5.41) is 0. The van der Waals surface area contributed by atoms with E-state index in [0.29, 0.717) is 19.6 Å². The van der Waals surface area contributed by atoms with Gasteiger partial charge in [-0.1, -0.05) is 24.3 Å². The van der Waals surface area contributed by atoms with E-state index in [1.54, 1.807) is 7.11 Å². The number of aromatic nitrogens is 2. The zero-order valence-electron chi connectivity index (χ0n) is 16.1. The average molecular weight is 363 g/mol. The van der Waals surface area contributed by atoms with E-state index in [9.17, 15) is 4.79 Å². The van der Waals surface area contributed by atoms with E-state index in [1.807, 2.05) is 23.1 Å². The normalized spacial score (nSPS) is 17.2. The number of aryl methyl sites for hydroxylation is 2. The van der Waals surface area contributed by atoms with Crippen LogP contribution in [-0.2, 0) is 16.1 Å². The van der Waals surface area contributed by atoms with Gasteiger partial charge in [-0.3, -0.25) is 4.79 Å². The van der Waals surface area contributed by atoms with Gasteiger partial charge in [-0.25, -0.2) is 4.98 Å². The van der Waals surface area contributed by atoms with Crippen LogP contribution in [-0.4, -0.2) is 35.7 Å². The molecular weight excluding hydrogens is 338 g/mol. The van der Waals surface area contributed by atoms with Gasteiger partial charge in [-0.2, -0.15) is 0 Å². The van der Waals surface area contributed by atoms with Crippen molar-refractivity contribution in [1.82, 2.24) is 9.55 Å². The largest absolute Gasteiger partial charge is 0.383 e. The highest BCUT2D eigenvalue weighted by atomic mass is 16.5. The molecule has 140 valence electrons. The van der Waals surface area contributed by atoms with E-state index in [0.717, 1.165) is 34.7 Å². The lowest BCUT2D eigenvalue weighted by atomic mass is 10.1. The van der Waals surface area contributed by atoms with Crippen molar-refractivity contribution in [3.05, 3.63) is 59.4 Å². The van der Waals surface area contributed by atoms with Crippen molar-refractivity contribution in [2.24, 2.45) is 0 Å². The third-order valence-corrected chi connectivity index (χ3v) is 5.35. The molecule has 0 aliphatic carbocycles.